The third-order valence-electron chi connectivity index (χ3n) is 2.23. The first-order chi connectivity index (χ1) is 7.61. The molecule has 82 valence electrons. The zero-order chi connectivity index (χ0) is 11.7. The molecular formula is C12H8F2S2. The first-order valence-corrected chi connectivity index (χ1v) is 5.46. The maximum atomic E-state index is 13.6. The van der Waals surface area contributed by atoms with Crippen LogP contribution < -0.4 is 0 Å². The van der Waals surface area contributed by atoms with Gasteiger partial charge in [-0.25, -0.2) is 8.78 Å². The van der Waals surface area contributed by atoms with Crippen LogP contribution in [0.1, 0.15) is 0 Å². The third kappa shape index (κ3) is 1.95. The lowest BCUT2D eigenvalue weighted by molar-refractivity contribution is 0.611. The van der Waals surface area contributed by atoms with Gasteiger partial charge in [-0.1, -0.05) is 12.1 Å². The van der Waals surface area contributed by atoms with E-state index in [9.17, 15) is 8.78 Å². The Morgan fingerprint density at radius 3 is 1.38 bits per heavy atom. The molecule has 0 aliphatic rings. The SMILES string of the molecule is Fc1cccc(S)c1-c1c(F)cccc1S. The van der Waals surface area contributed by atoms with E-state index in [1.807, 2.05) is 0 Å². The average molecular weight is 254 g/mol. The van der Waals surface area contributed by atoms with Crippen molar-refractivity contribution in [3.63, 3.8) is 0 Å². The summed E-state index contributed by atoms with van der Waals surface area (Å²) in [5, 5.41) is 0. The average Bonchev–Trinajstić information content (AvgIpc) is 2.21. The molecule has 2 aromatic carbocycles. The van der Waals surface area contributed by atoms with Crippen molar-refractivity contribution < 1.29 is 8.78 Å². The van der Waals surface area contributed by atoms with E-state index in [1.165, 1.54) is 24.3 Å². The highest BCUT2D eigenvalue weighted by atomic mass is 32.1. The van der Waals surface area contributed by atoms with Crippen LogP contribution in [0.15, 0.2) is 46.2 Å². The molecule has 4 heteroatoms. The lowest BCUT2D eigenvalue weighted by atomic mass is 10.0. The van der Waals surface area contributed by atoms with Crippen LogP contribution in [0.3, 0.4) is 0 Å². The highest BCUT2D eigenvalue weighted by Gasteiger charge is 2.15. The second-order valence-corrected chi connectivity index (χ2v) is 4.23. The number of hydrogen-bond acceptors (Lipinski definition) is 2. The van der Waals surface area contributed by atoms with Gasteiger partial charge in [0.25, 0.3) is 0 Å². The molecule has 0 spiro atoms. The zero-order valence-electron chi connectivity index (χ0n) is 8.11. The number of halogens is 2. The summed E-state index contributed by atoms with van der Waals surface area (Å²) in [5.41, 5.74) is 0.294. The summed E-state index contributed by atoms with van der Waals surface area (Å²) in [6.45, 7) is 0. The second kappa shape index (κ2) is 4.47. The fourth-order valence-corrected chi connectivity index (χ4v) is 2.13. The van der Waals surface area contributed by atoms with Gasteiger partial charge in [-0.3, -0.25) is 0 Å². The summed E-state index contributed by atoms with van der Waals surface area (Å²) in [5.74, 6) is -1.01. The molecule has 0 amide bonds. The van der Waals surface area contributed by atoms with Gasteiger partial charge in [-0.2, -0.15) is 0 Å². The highest BCUT2D eigenvalue weighted by molar-refractivity contribution is 7.80. The Morgan fingerprint density at radius 2 is 1.06 bits per heavy atom. The molecule has 0 N–H and O–H groups in total. The van der Waals surface area contributed by atoms with Crippen LogP contribution in [0.25, 0.3) is 11.1 Å². The van der Waals surface area contributed by atoms with E-state index in [1.54, 1.807) is 12.1 Å². The molecule has 0 aliphatic heterocycles. The van der Waals surface area contributed by atoms with Gasteiger partial charge >= 0.3 is 0 Å². The van der Waals surface area contributed by atoms with Crippen LogP contribution in [-0.2, 0) is 0 Å². The quantitative estimate of drug-likeness (QED) is 0.700. The molecule has 0 aliphatic carbocycles. The monoisotopic (exact) mass is 254 g/mol. The molecule has 0 unspecified atom stereocenters. The summed E-state index contributed by atoms with van der Waals surface area (Å²) in [7, 11) is 0. The fraction of sp³-hybridized carbons (Fsp3) is 0. The van der Waals surface area contributed by atoms with E-state index in [2.05, 4.69) is 25.3 Å². The van der Waals surface area contributed by atoms with Gasteiger partial charge in [-0.15, -0.1) is 25.3 Å². The molecule has 0 bridgehead atoms. The van der Waals surface area contributed by atoms with Crippen LogP contribution in [0.5, 0.6) is 0 Å². The lowest BCUT2D eigenvalue weighted by Crippen LogP contribution is -1.91. The van der Waals surface area contributed by atoms with Gasteiger partial charge in [0, 0.05) is 20.9 Å². The predicted molar refractivity (Wildman–Crippen MR) is 66.3 cm³/mol. The lowest BCUT2D eigenvalue weighted by Gasteiger charge is -2.10. The maximum absolute atomic E-state index is 13.6. The molecule has 0 saturated carbocycles. The molecule has 0 saturated heterocycles. The van der Waals surface area contributed by atoms with Crippen LogP contribution in [-0.4, -0.2) is 0 Å². The minimum atomic E-state index is -0.507. The van der Waals surface area contributed by atoms with E-state index in [0.717, 1.165) is 0 Å². The van der Waals surface area contributed by atoms with Crippen molar-refractivity contribution in [1.82, 2.24) is 0 Å². The van der Waals surface area contributed by atoms with Gasteiger partial charge < -0.3 is 0 Å². The normalized spacial score (nSPS) is 10.5. The van der Waals surface area contributed by atoms with Crippen LogP contribution in [0.4, 0.5) is 8.78 Å². The smallest absolute Gasteiger partial charge is 0.132 e. The van der Waals surface area contributed by atoms with Crippen molar-refractivity contribution in [2.45, 2.75) is 9.79 Å². The van der Waals surface area contributed by atoms with Crippen LogP contribution in [0, 0.1) is 11.6 Å². The molecule has 0 radical (unpaired) electrons. The molecule has 0 heterocycles. The van der Waals surface area contributed by atoms with Crippen LogP contribution >= 0.6 is 25.3 Å². The van der Waals surface area contributed by atoms with Gasteiger partial charge in [0.05, 0.1) is 0 Å². The van der Waals surface area contributed by atoms with E-state index in [-0.39, 0.29) is 11.1 Å². The van der Waals surface area contributed by atoms with E-state index in [4.69, 9.17) is 0 Å². The topological polar surface area (TPSA) is 0 Å². The molecule has 2 aromatic rings. The maximum Gasteiger partial charge on any atom is 0.132 e. The Balaban J connectivity index is 2.77. The minimum absolute atomic E-state index is 0.147. The molecule has 2 rings (SSSR count). The van der Waals surface area contributed by atoms with Gasteiger partial charge in [0.1, 0.15) is 11.6 Å². The van der Waals surface area contributed by atoms with Gasteiger partial charge in [-0.05, 0) is 24.3 Å². The third-order valence-corrected chi connectivity index (χ3v) is 2.98. The first-order valence-electron chi connectivity index (χ1n) is 4.56. The molecule has 0 fully saturated rings. The van der Waals surface area contributed by atoms with Crippen molar-refractivity contribution in [3.05, 3.63) is 48.0 Å². The summed E-state index contributed by atoms with van der Waals surface area (Å²) in [6, 6.07) is 8.83. The molecule has 16 heavy (non-hydrogen) atoms. The van der Waals surface area contributed by atoms with Gasteiger partial charge in [0.2, 0.25) is 0 Å². The van der Waals surface area contributed by atoms with Crippen molar-refractivity contribution in [2.24, 2.45) is 0 Å². The van der Waals surface area contributed by atoms with Crippen LogP contribution in [0.2, 0.25) is 0 Å². The Labute approximate surface area is 103 Å². The van der Waals surface area contributed by atoms with Crippen molar-refractivity contribution in [2.75, 3.05) is 0 Å². The summed E-state index contributed by atoms with van der Waals surface area (Å²) in [6.07, 6.45) is 0. The number of hydrogen-bond donors (Lipinski definition) is 2. The minimum Gasteiger partial charge on any atom is -0.206 e. The van der Waals surface area contributed by atoms with Crippen molar-refractivity contribution in [1.29, 1.82) is 0 Å². The van der Waals surface area contributed by atoms with E-state index >= 15 is 0 Å². The standard InChI is InChI=1S/C12H8F2S2/c13-7-3-1-5-9(15)11(7)12-8(14)4-2-6-10(12)16/h1-6,15-16H. The summed E-state index contributed by atoms with van der Waals surface area (Å²) in [4.78, 5) is 0.779. The van der Waals surface area contributed by atoms with E-state index < -0.39 is 11.6 Å². The van der Waals surface area contributed by atoms with Crippen molar-refractivity contribution >= 4 is 25.3 Å². The molecule has 0 aromatic heterocycles. The highest BCUT2D eigenvalue weighted by Crippen LogP contribution is 2.35. The first kappa shape index (κ1) is 11.5. The summed E-state index contributed by atoms with van der Waals surface area (Å²) < 4.78 is 27.3. The Kier molecular flexibility index (Phi) is 3.21. The van der Waals surface area contributed by atoms with E-state index in [0.29, 0.717) is 9.79 Å². The van der Waals surface area contributed by atoms with Gasteiger partial charge in [0.15, 0.2) is 0 Å². The Hall–Kier alpha value is -1.00. The Bertz CT molecular complexity index is 449. The number of benzene rings is 2. The molecular weight excluding hydrogens is 246 g/mol. The number of rotatable bonds is 1. The zero-order valence-corrected chi connectivity index (χ0v) is 9.90. The predicted octanol–water partition coefficient (Wildman–Crippen LogP) is 4.21. The summed E-state index contributed by atoms with van der Waals surface area (Å²) >= 11 is 8.27. The molecule has 0 nitrogen and oxygen atoms in total. The largest absolute Gasteiger partial charge is 0.206 e. The van der Waals surface area contributed by atoms with Crippen molar-refractivity contribution in [3.8, 4) is 11.1 Å². The second-order valence-electron chi connectivity index (χ2n) is 3.27. The molecule has 0 atom stereocenters. The Morgan fingerprint density at radius 1 is 0.688 bits per heavy atom. The number of thiol groups is 2. The fourth-order valence-electron chi connectivity index (χ4n) is 1.52.